The van der Waals surface area contributed by atoms with Crippen LogP contribution in [0.2, 0.25) is 5.02 Å². The summed E-state index contributed by atoms with van der Waals surface area (Å²) in [6, 6.07) is 13.5. The Morgan fingerprint density at radius 1 is 1.00 bits per heavy atom. The molecule has 20 heavy (non-hydrogen) atoms. The van der Waals surface area contributed by atoms with Crippen LogP contribution in [0, 0.1) is 6.92 Å². The summed E-state index contributed by atoms with van der Waals surface area (Å²) in [6.07, 6.45) is 3.56. The average molecular weight is 286 g/mol. The monoisotopic (exact) mass is 285 g/mol. The quantitative estimate of drug-likeness (QED) is 0.723. The lowest BCUT2D eigenvalue weighted by atomic mass is 10.2. The first-order valence-corrected chi connectivity index (χ1v) is 6.68. The third-order valence-electron chi connectivity index (χ3n) is 2.79. The lowest BCUT2D eigenvalue weighted by Crippen LogP contribution is -1.90. The van der Waals surface area contributed by atoms with Gasteiger partial charge in [0.15, 0.2) is 0 Å². The van der Waals surface area contributed by atoms with Crippen LogP contribution in [0.15, 0.2) is 54.9 Å². The van der Waals surface area contributed by atoms with Gasteiger partial charge in [-0.3, -0.25) is 9.97 Å². The van der Waals surface area contributed by atoms with Gasteiger partial charge in [-0.05, 0) is 43.3 Å². The maximum atomic E-state index is 5.85. The first kappa shape index (κ1) is 14.3. The van der Waals surface area contributed by atoms with Crippen molar-refractivity contribution in [1.82, 2.24) is 9.97 Å². The third kappa shape index (κ3) is 3.68. The van der Waals surface area contributed by atoms with E-state index in [1.54, 1.807) is 12.4 Å². The summed E-state index contributed by atoms with van der Waals surface area (Å²) < 4.78 is 0. The number of aromatic nitrogens is 2. The maximum absolute atomic E-state index is 5.85. The fraction of sp³-hybridized carbons (Fsp3) is 0.125. The molecular formula is C16H16ClN3. The number of anilines is 1. The SMILES string of the molecule is CNc1ccnc2cc(Cl)ccc12.Cc1ccccn1. The summed E-state index contributed by atoms with van der Waals surface area (Å²) in [7, 11) is 1.89. The van der Waals surface area contributed by atoms with E-state index in [1.807, 2.05) is 56.4 Å². The molecule has 3 nitrogen and oxygen atoms in total. The minimum atomic E-state index is 0.716. The zero-order valence-electron chi connectivity index (χ0n) is 11.5. The highest BCUT2D eigenvalue weighted by molar-refractivity contribution is 6.31. The molecule has 0 spiro atoms. The number of fused-ring (bicyclic) bond motifs is 1. The van der Waals surface area contributed by atoms with Crippen molar-refractivity contribution in [3.05, 3.63) is 65.6 Å². The second kappa shape index (κ2) is 6.87. The molecular weight excluding hydrogens is 270 g/mol. The third-order valence-corrected chi connectivity index (χ3v) is 3.02. The standard InChI is InChI=1S/C10H9ClN2.C6H7N/c1-12-9-4-5-13-10-6-7(11)2-3-8(9)10;1-6-4-2-3-5-7-6/h2-6H,1H3,(H,12,13);2-5H,1H3. The molecule has 2 aromatic heterocycles. The molecule has 0 bridgehead atoms. The summed E-state index contributed by atoms with van der Waals surface area (Å²) in [6.45, 7) is 1.97. The Labute approximate surface area is 123 Å². The molecule has 0 fully saturated rings. The molecule has 3 rings (SSSR count). The molecule has 3 aromatic rings. The molecule has 0 saturated carbocycles. The van der Waals surface area contributed by atoms with E-state index in [0.717, 1.165) is 22.3 Å². The number of hydrogen-bond donors (Lipinski definition) is 1. The average Bonchev–Trinajstić information content (AvgIpc) is 2.47. The molecule has 0 amide bonds. The van der Waals surface area contributed by atoms with Gasteiger partial charge in [-0.1, -0.05) is 17.7 Å². The summed E-state index contributed by atoms with van der Waals surface area (Å²) in [5, 5.41) is 4.91. The Kier molecular flexibility index (Phi) is 4.91. The van der Waals surface area contributed by atoms with Crippen molar-refractivity contribution >= 4 is 28.2 Å². The first-order valence-electron chi connectivity index (χ1n) is 6.30. The summed E-state index contributed by atoms with van der Waals surface area (Å²) in [5.74, 6) is 0. The highest BCUT2D eigenvalue weighted by atomic mass is 35.5. The number of hydrogen-bond acceptors (Lipinski definition) is 3. The fourth-order valence-electron chi connectivity index (χ4n) is 1.79. The van der Waals surface area contributed by atoms with Crippen molar-refractivity contribution < 1.29 is 0 Å². The molecule has 0 saturated heterocycles. The zero-order chi connectivity index (χ0) is 14.4. The van der Waals surface area contributed by atoms with E-state index in [1.165, 1.54) is 0 Å². The normalized spacial score (nSPS) is 9.75. The minimum absolute atomic E-state index is 0.716. The summed E-state index contributed by atoms with van der Waals surface area (Å²) in [5.41, 5.74) is 3.06. The van der Waals surface area contributed by atoms with Crippen LogP contribution in [0.25, 0.3) is 10.9 Å². The second-order valence-electron chi connectivity index (χ2n) is 4.24. The van der Waals surface area contributed by atoms with Gasteiger partial charge >= 0.3 is 0 Å². The molecule has 0 aliphatic carbocycles. The van der Waals surface area contributed by atoms with Crippen molar-refractivity contribution in [3.63, 3.8) is 0 Å². The van der Waals surface area contributed by atoms with Crippen LogP contribution in [0.3, 0.4) is 0 Å². The van der Waals surface area contributed by atoms with Crippen LogP contribution in [-0.2, 0) is 0 Å². The van der Waals surface area contributed by atoms with Crippen molar-refractivity contribution in [2.75, 3.05) is 12.4 Å². The fourth-order valence-corrected chi connectivity index (χ4v) is 1.95. The smallest absolute Gasteiger partial charge is 0.0737 e. The van der Waals surface area contributed by atoms with Gasteiger partial charge in [0, 0.05) is 41.2 Å². The van der Waals surface area contributed by atoms with Crippen LogP contribution in [0.1, 0.15) is 5.69 Å². The number of nitrogens with zero attached hydrogens (tertiary/aromatic N) is 2. The van der Waals surface area contributed by atoms with Crippen molar-refractivity contribution in [2.45, 2.75) is 6.92 Å². The van der Waals surface area contributed by atoms with E-state index in [9.17, 15) is 0 Å². The molecule has 0 aliphatic rings. The van der Waals surface area contributed by atoms with Gasteiger partial charge in [-0.15, -0.1) is 0 Å². The molecule has 2 heterocycles. The zero-order valence-corrected chi connectivity index (χ0v) is 12.2. The van der Waals surface area contributed by atoms with E-state index in [-0.39, 0.29) is 0 Å². The van der Waals surface area contributed by atoms with Gasteiger partial charge in [-0.25, -0.2) is 0 Å². The predicted octanol–water partition coefficient (Wildman–Crippen LogP) is 4.32. The number of pyridine rings is 2. The molecule has 0 unspecified atom stereocenters. The first-order chi connectivity index (χ1) is 9.70. The molecule has 0 aliphatic heterocycles. The van der Waals surface area contributed by atoms with Gasteiger partial charge in [-0.2, -0.15) is 0 Å². The molecule has 1 N–H and O–H groups in total. The van der Waals surface area contributed by atoms with Crippen LogP contribution in [-0.4, -0.2) is 17.0 Å². The van der Waals surface area contributed by atoms with E-state index in [0.29, 0.717) is 5.02 Å². The number of nitrogens with one attached hydrogen (secondary N) is 1. The van der Waals surface area contributed by atoms with Crippen molar-refractivity contribution in [1.29, 1.82) is 0 Å². The van der Waals surface area contributed by atoms with E-state index >= 15 is 0 Å². The van der Waals surface area contributed by atoms with Gasteiger partial charge in [0.1, 0.15) is 0 Å². The summed E-state index contributed by atoms with van der Waals surface area (Å²) in [4.78, 5) is 8.21. The van der Waals surface area contributed by atoms with Crippen LogP contribution in [0.4, 0.5) is 5.69 Å². The van der Waals surface area contributed by atoms with E-state index in [4.69, 9.17) is 11.6 Å². The molecule has 0 atom stereocenters. The van der Waals surface area contributed by atoms with Gasteiger partial charge in [0.05, 0.1) is 5.52 Å². The topological polar surface area (TPSA) is 37.8 Å². The van der Waals surface area contributed by atoms with Crippen LogP contribution in [0.5, 0.6) is 0 Å². The number of halogens is 1. The van der Waals surface area contributed by atoms with Crippen LogP contribution < -0.4 is 5.32 Å². The lowest BCUT2D eigenvalue weighted by Gasteiger charge is -2.04. The number of aryl methyl sites for hydroxylation is 1. The Bertz CT molecular complexity index is 684. The predicted molar refractivity (Wildman–Crippen MR) is 85.3 cm³/mol. The highest BCUT2D eigenvalue weighted by Crippen LogP contribution is 2.23. The number of rotatable bonds is 1. The molecule has 1 aromatic carbocycles. The van der Waals surface area contributed by atoms with E-state index in [2.05, 4.69) is 15.3 Å². The van der Waals surface area contributed by atoms with Gasteiger partial charge in [0.25, 0.3) is 0 Å². The summed E-state index contributed by atoms with van der Waals surface area (Å²) >= 11 is 5.85. The highest BCUT2D eigenvalue weighted by Gasteiger charge is 1.99. The molecule has 0 radical (unpaired) electrons. The Morgan fingerprint density at radius 3 is 2.45 bits per heavy atom. The minimum Gasteiger partial charge on any atom is -0.388 e. The molecule has 4 heteroatoms. The number of benzene rings is 1. The Hall–Kier alpha value is -2.13. The lowest BCUT2D eigenvalue weighted by molar-refractivity contribution is 1.20. The maximum Gasteiger partial charge on any atom is 0.0737 e. The van der Waals surface area contributed by atoms with Crippen LogP contribution >= 0.6 is 11.6 Å². The molecule has 102 valence electrons. The Morgan fingerprint density at radius 2 is 1.85 bits per heavy atom. The van der Waals surface area contributed by atoms with Gasteiger partial charge in [0.2, 0.25) is 0 Å². The largest absolute Gasteiger partial charge is 0.388 e. The van der Waals surface area contributed by atoms with E-state index < -0.39 is 0 Å². The van der Waals surface area contributed by atoms with Gasteiger partial charge < -0.3 is 5.32 Å². The second-order valence-corrected chi connectivity index (χ2v) is 4.68. The Balaban J connectivity index is 0.000000178. The van der Waals surface area contributed by atoms with Crippen molar-refractivity contribution in [2.24, 2.45) is 0 Å². The van der Waals surface area contributed by atoms with Crippen molar-refractivity contribution in [3.8, 4) is 0 Å².